The molecule has 144 valence electrons. The van der Waals surface area contributed by atoms with E-state index in [0.29, 0.717) is 25.1 Å². The topological polar surface area (TPSA) is 20.3 Å². The van der Waals surface area contributed by atoms with E-state index in [1.807, 2.05) is 16.3 Å². The molecule has 0 N–H and O–H groups in total. The molecule has 2 heterocycles. The number of nitrogens with zero attached hydrogens (tertiary/aromatic N) is 1. The predicted molar refractivity (Wildman–Crippen MR) is 107 cm³/mol. The summed E-state index contributed by atoms with van der Waals surface area (Å²) in [7, 11) is 0. The molecule has 2 aromatic rings. The van der Waals surface area contributed by atoms with Crippen LogP contribution in [-0.2, 0) is 10.2 Å². The zero-order chi connectivity index (χ0) is 18.9. The zero-order valence-corrected chi connectivity index (χ0v) is 16.8. The largest absolute Gasteiger partial charge is 0.341 e. The van der Waals surface area contributed by atoms with Crippen LogP contribution in [0.25, 0.3) is 0 Å². The maximum absolute atomic E-state index is 14.2. The lowest BCUT2D eigenvalue weighted by atomic mass is 9.82. The molecule has 1 aliphatic carbocycles. The third kappa shape index (κ3) is 3.66. The molecule has 1 atom stereocenters. The standard InChI is InChI=1S/C21H23F2NOS2/c22-15-5-6-17(23)16(14-15)18-7-10-24(11-13-26-18)20(25)21(8-1-2-9-21)19-4-3-12-27-19/h3-6,12,14,18H,1-2,7-11,13H2/t18-/m1/s1. The maximum Gasteiger partial charge on any atom is 0.234 e. The molecule has 27 heavy (non-hydrogen) atoms. The van der Waals surface area contributed by atoms with Crippen LogP contribution < -0.4 is 0 Å². The van der Waals surface area contributed by atoms with Gasteiger partial charge in [-0.2, -0.15) is 11.8 Å². The van der Waals surface area contributed by atoms with Crippen molar-refractivity contribution < 1.29 is 13.6 Å². The summed E-state index contributed by atoms with van der Waals surface area (Å²) in [5, 5.41) is 1.93. The van der Waals surface area contributed by atoms with E-state index in [2.05, 4.69) is 6.07 Å². The highest BCUT2D eigenvalue weighted by atomic mass is 32.2. The second-order valence-electron chi connectivity index (χ2n) is 7.37. The molecular weight excluding hydrogens is 384 g/mol. The van der Waals surface area contributed by atoms with Gasteiger partial charge in [0.2, 0.25) is 5.91 Å². The van der Waals surface area contributed by atoms with E-state index in [0.717, 1.165) is 37.5 Å². The number of thioether (sulfide) groups is 1. The monoisotopic (exact) mass is 407 g/mol. The van der Waals surface area contributed by atoms with Crippen molar-refractivity contribution in [3.05, 3.63) is 57.8 Å². The van der Waals surface area contributed by atoms with Gasteiger partial charge in [-0.15, -0.1) is 11.3 Å². The van der Waals surface area contributed by atoms with Crippen molar-refractivity contribution in [2.24, 2.45) is 0 Å². The van der Waals surface area contributed by atoms with Crippen LogP contribution in [0.1, 0.15) is 47.8 Å². The van der Waals surface area contributed by atoms with Gasteiger partial charge in [0.05, 0.1) is 5.41 Å². The first-order valence-electron chi connectivity index (χ1n) is 9.50. The molecule has 0 radical (unpaired) electrons. The van der Waals surface area contributed by atoms with Crippen LogP contribution in [0.2, 0.25) is 0 Å². The zero-order valence-electron chi connectivity index (χ0n) is 15.1. The van der Waals surface area contributed by atoms with E-state index < -0.39 is 5.82 Å². The second-order valence-corrected chi connectivity index (χ2v) is 9.63. The molecule has 1 aliphatic heterocycles. The van der Waals surface area contributed by atoms with E-state index in [1.165, 1.54) is 17.0 Å². The molecule has 0 bridgehead atoms. The molecule has 0 spiro atoms. The number of hydrogen-bond acceptors (Lipinski definition) is 3. The number of benzene rings is 1. The van der Waals surface area contributed by atoms with Crippen LogP contribution in [0, 0.1) is 11.6 Å². The summed E-state index contributed by atoms with van der Waals surface area (Å²) >= 11 is 3.30. The minimum absolute atomic E-state index is 0.111. The average molecular weight is 408 g/mol. The number of hydrogen-bond donors (Lipinski definition) is 0. The van der Waals surface area contributed by atoms with Gasteiger partial charge in [0, 0.05) is 34.5 Å². The molecule has 1 saturated heterocycles. The van der Waals surface area contributed by atoms with Gasteiger partial charge in [-0.1, -0.05) is 18.9 Å². The first-order valence-corrected chi connectivity index (χ1v) is 11.4. The van der Waals surface area contributed by atoms with Gasteiger partial charge in [0.25, 0.3) is 0 Å². The van der Waals surface area contributed by atoms with Crippen LogP contribution in [0.15, 0.2) is 35.7 Å². The van der Waals surface area contributed by atoms with Crippen molar-refractivity contribution in [1.82, 2.24) is 4.90 Å². The first kappa shape index (κ1) is 18.9. The number of thiophene rings is 1. The Morgan fingerprint density at radius 1 is 1.15 bits per heavy atom. The van der Waals surface area contributed by atoms with E-state index in [1.54, 1.807) is 23.1 Å². The molecule has 4 rings (SSSR count). The van der Waals surface area contributed by atoms with Crippen molar-refractivity contribution in [3.63, 3.8) is 0 Å². The third-order valence-electron chi connectivity index (χ3n) is 5.79. The molecule has 2 aliphatic rings. The lowest BCUT2D eigenvalue weighted by Gasteiger charge is -2.33. The molecule has 0 unspecified atom stereocenters. The van der Waals surface area contributed by atoms with Crippen molar-refractivity contribution in [3.8, 4) is 0 Å². The Morgan fingerprint density at radius 3 is 2.70 bits per heavy atom. The smallest absolute Gasteiger partial charge is 0.234 e. The SMILES string of the molecule is O=C(N1CCS[C@@H](c2cc(F)ccc2F)CC1)C1(c2cccs2)CCCC1. The van der Waals surface area contributed by atoms with Crippen LogP contribution in [0.4, 0.5) is 8.78 Å². The Hall–Kier alpha value is -1.40. The number of amides is 1. The first-order chi connectivity index (χ1) is 13.1. The summed E-state index contributed by atoms with van der Waals surface area (Å²) < 4.78 is 27.8. The van der Waals surface area contributed by atoms with Gasteiger partial charge in [-0.3, -0.25) is 4.79 Å². The molecule has 6 heteroatoms. The predicted octanol–water partition coefficient (Wildman–Crippen LogP) is 5.54. The third-order valence-corrected chi connectivity index (χ3v) is 8.18. The Morgan fingerprint density at radius 2 is 1.96 bits per heavy atom. The van der Waals surface area contributed by atoms with E-state index in [4.69, 9.17) is 0 Å². The fourth-order valence-corrected chi connectivity index (χ4v) is 6.60. The summed E-state index contributed by atoms with van der Waals surface area (Å²) in [5.41, 5.74) is 0.0473. The highest BCUT2D eigenvalue weighted by Gasteiger charge is 2.46. The van der Waals surface area contributed by atoms with Gasteiger partial charge in [0.1, 0.15) is 11.6 Å². The fraction of sp³-hybridized carbons (Fsp3) is 0.476. The summed E-state index contributed by atoms with van der Waals surface area (Å²) in [6.45, 7) is 1.27. The number of carbonyl (C=O) groups excluding carboxylic acids is 1. The highest BCUT2D eigenvalue weighted by molar-refractivity contribution is 7.99. The summed E-state index contributed by atoms with van der Waals surface area (Å²) in [6.07, 6.45) is 4.65. The van der Waals surface area contributed by atoms with E-state index in [9.17, 15) is 13.6 Å². The van der Waals surface area contributed by atoms with Crippen molar-refractivity contribution >= 4 is 29.0 Å². The average Bonchev–Trinajstić information content (AvgIpc) is 3.32. The summed E-state index contributed by atoms with van der Waals surface area (Å²) in [6, 6.07) is 7.76. The van der Waals surface area contributed by atoms with Crippen molar-refractivity contribution in [2.45, 2.75) is 42.8 Å². The highest BCUT2D eigenvalue weighted by Crippen LogP contribution is 2.45. The number of rotatable bonds is 3. The molecule has 1 saturated carbocycles. The molecular formula is C21H23F2NOS2. The summed E-state index contributed by atoms with van der Waals surface area (Å²) in [4.78, 5) is 16.7. The van der Waals surface area contributed by atoms with Gasteiger partial charge in [-0.25, -0.2) is 8.78 Å². The van der Waals surface area contributed by atoms with E-state index >= 15 is 0 Å². The van der Waals surface area contributed by atoms with Gasteiger partial charge in [-0.05, 0) is 48.9 Å². The Balaban J connectivity index is 1.52. The van der Waals surface area contributed by atoms with Gasteiger partial charge in [0.15, 0.2) is 0 Å². The van der Waals surface area contributed by atoms with Gasteiger partial charge < -0.3 is 4.90 Å². The maximum atomic E-state index is 14.2. The molecule has 1 amide bonds. The minimum atomic E-state index is -0.410. The Labute approximate surface area is 167 Å². The second kappa shape index (κ2) is 7.92. The fourth-order valence-electron chi connectivity index (χ4n) is 4.38. The molecule has 2 fully saturated rings. The van der Waals surface area contributed by atoms with Crippen LogP contribution in [0.5, 0.6) is 0 Å². The van der Waals surface area contributed by atoms with Crippen molar-refractivity contribution in [2.75, 3.05) is 18.8 Å². The van der Waals surface area contributed by atoms with Crippen LogP contribution in [0.3, 0.4) is 0 Å². The molecule has 1 aromatic carbocycles. The quantitative estimate of drug-likeness (QED) is 0.665. The van der Waals surface area contributed by atoms with Crippen molar-refractivity contribution in [1.29, 1.82) is 0 Å². The normalized spacial score (nSPS) is 22.6. The van der Waals surface area contributed by atoms with Crippen LogP contribution in [-0.4, -0.2) is 29.6 Å². The lowest BCUT2D eigenvalue weighted by Crippen LogP contribution is -2.46. The molecule has 1 aromatic heterocycles. The Bertz CT molecular complexity index is 803. The Kier molecular flexibility index (Phi) is 5.55. The van der Waals surface area contributed by atoms with Crippen LogP contribution >= 0.6 is 23.1 Å². The molecule has 2 nitrogen and oxygen atoms in total. The van der Waals surface area contributed by atoms with E-state index in [-0.39, 0.29) is 22.4 Å². The minimum Gasteiger partial charge on any atom is -0.341 e. The summed E-state index contributed by atoms with van der Waals surface area (Å²) in [5.74, 6) is 0.196. The van der Waals surface area contributed by atoms with Gasteiger partial charge >= 0.3 is 0 Å². The number of carbonyl (C=O) groups is 1. The lowest BCUT2D eigenvalue weighted by molar-refractivity contribution is -0.137. The number of halogens is 2.